The summed E-state index contributed by atoms with van der Waals surface area (Å²) in [6.07, 6.45) is 1.92. The number of methoxy groups -OCH3 is 1. The predicted octanol–water partition coefficient (Wildman–Crippen LogP) is 3.06. The maximum absolute atomic E-state index is 12.3. The molecular formula is C19H18ClN3O6. The zero-order chi connectivity index (χ0) is 21.0. The molecule has 0 aliphatic heterocycles. The SMILES string of the molecule is COc1cc(C(=O)NCC(=O)NC2CC2)ccc1Oc1ccc(Cl)cc1[N+](=O)[O-]. The molecule has 9 nitrogen and oxygen atoms in total. The van der Waals surface area contributed by atoms with Gasteiger partial charge < -0.3 is 20.1 Å². The van der Waals surface area contributed by atoms with Crippen LogP contribution >= 0.6 is 11.6 Å². The average molecular weight is 420 g/mol. The molecule has 0 saturated heterocycles. The van der Waals surface area contributed by atoms with Crippen LogP contribution in [-0.4, -0.2) is 36.4 Å². The summed E-state index contributed by atoms with van der Waals surface area (Å²) in [6, 6.07) is 8.57. The van der Waals surface area contributed by atoms with Crippen LogP contribution in [0.2, 0.25) is 5.02 Å². The highest BCUT2D eigenvalue weighted by molar-refractivity contribution is 6.30. The van der Waals surface area contributed by atoms with E-state index in [0.29, 0.717) is 0 Å². The lowest BCUT2D eigenvalue weighted by Gasteiger charge is -2.12. The Morgan fingerprint density at radius 3 is 2.55 bits per heavy atom. The van der Waals surface area contributed by atoms with E-state index >= 15 is 0 Å². The standard InChI is InChI=1S/C19H18ClN3O6/c1-28-17-8-11(19(25)21-10-18(24)22-13-4-5-13)2-6-16(17)29-15-7-3-12(20)9-14(15)23(26)27/h2-3,6-9,13H,4-5,10H2,1H3,(H,21,25)(H,22,24). The molecule has 2 aromatic rings. The molecule has 0 atom stereocenters. The highest BCUT2D eigenvalue weighted by Crippen LogP contribution is 2.37. The van der Waals surface area contributed by atoms with Gasteiger partial charge in [-0.3, -0.25) is 19.7 Å². The van der Waals surface area contributed by atoms with Gasteiger partial charge in [-0.1, -0.05) is 11.6 Å². The van der Waals surface area contributed by atoms with E-state index in [4.69, 9.17) is 21.1 Å². The number of ether oxygens (including phenoxy) is 2. The molecule has 3 rings (SSSR count). The van der Waals surface area contributed by atoms with E-state index in [9.17, 15) is 19.7 Å². The number of hydrogen-bond acceptors (Lipinski definition) is 6. The monoisotopic (exact) mass is 419 g/mol. The molecule has 0 bridgehead atoms. The van der Waals surface area contributed by atoms with Crippen molar-refractivity contribution in [1.82, 2.24) is 10.6 Å². The van der Waals surface area contributed by atoms with Crippen LogP contribution in [0.3, 0.4) is 0 Å². The van der Waals surface area contributed by atoms with Crippen LogP contribution in [0.25, 0.3) is 0 Å². The lowest BCUT2D eigenvalue weighted by atomic mass is 10.2. The Balaban J connectivity index is 1.72. The summed E-state index contributed by atoms with van der Waals surface area (Å²) in [7, 11) is 1.38. The van der Waals surface area contributed by atoms with Gasteiger partial charge >= 0.3 is 5.69 Å². The Bertz CT molecular complexity index is 961. The van der Waals surface area contributed by atoms with Crippen molar-refractivity contribution in [3.63, 3.8) is 0 Å². The number of amides is 2. The van der Waals surface area contributed by atoms with E-state index in [-0.39, 0.29) is 52.0 Å². The Hall–Kier alpha value is -3.33. The highest BCUT2D eigenvalue weighted by Gasteiger charge is 2.23. The molecule has 0 heterocycles. The lowest BCUT2D eigenvalue weighted by Crippen LogP contribution is -2.37. The summed E-state index contributed by atoms with van der Waals surface area (Å²) in [5.41, 5.74) is -0.0536. The van der Waals surface area contributed by atoms with Crippen molar-refractivity contribution in [3.05, 3.63) is 57.1 Å². The van der Waals surface area contributed by atoms with Crippen LogP contribution in [0.5, 0.6) is 17.2 Å². The molecular weight excluding hydrogens is 402 g/mol. The number of hydrogen-bond donors (Lipinski definition) is 2. The first-order valence-electron chi connectivity index (χ1n) is 8.74. The van der Waals surface area contributed by atoms with Gasteiger partial charge in [0.05, 0.1) is 18.6 Å². The van der Waals surface area contributed by atoms with Crippen molar-refractivity contribution in [3.8, 4) is 17.2 Å². The van der Waals surface area contributed by atoms with Gasteiger partial charge in [-0.05, 0) is 43.2 Å². The molecule has 10 heteroatoms. The molecule has 1 aliphatic rings. The van der Waals surface area contributed by atoms with Crippen LogP contribution < -0.4 is 20.1 Å². The van der Waals surface area contributed by atoms with Crippen molar-refractivity contribution in [2.45, 2.75) is 18.9 Å². The highest BCUT2D eigenvalue weighted by atomic mass is 35.5. The summed E-state index contributed by atoms with van der Waals surface area (Å²) in [6.45, 7) is -0.132. The fourth-order valence-corrected chi connectivity index (χ4v) is 2.67. The normalized spacial score (nSPS) is 12.8. The van der Waals surface area contributed by atoms with Crippen LogP contribution in [0.15, 0.2) is 36.4 Å². The third kappa shape index (κ3) is 5.35. The van der Waals surface area contributed by atoms with Crippen LogP contribution in [-0.2, 0) is 4.79 Å². The number of rotatable bonds is 8. The van der Waals surface area contributed by atoms with E-state index in [1.54, 1.807) is 0 Å². The number of benzene rings is 2. The van der Waals surface area contributed by atoms with Gasteiger partial charge in [-0.2, -0.15) is 0 Å². The Morgan fingerprint density at radius 2 is 1.90 bits per heavy atom. The molecule has 152 valence electrons. The number of carbonyl (C=O) groups excluding carboxylic acids is 2. The first-order valence-corrected chi connectivity index (χ1v) is 9.12. The molecule has 1 aliphatic carbocycles. The van der Waals surface area contributed by atoms with Crippen molar-refractivity contribution in [2.24, 2.45) is 0 Å². The fraction of sp³-hybridized carbons (Fsp3) is 0.263. The Labute approximate surface area is 171 Å². The first-order chi connectivity index (χ1) is 13.9. The Kier molecular flexibility index (Phi) is 6.18. The summed E-state index contributed by atoms with van der Waals surface area (Å²) >= 11 is 5.80. The topological polar surface area (TPSA) is 120 Å². The largest absolute Gasteiger partial charge is 0.493 e. The van der Waals surface area contributed by atoms with Crippen molar-refractivity contribution < 1.29 is 24.0 Å². The van der Waals surface area contributed by atoms with Crippen LogP contribution in [0.4, 0.5) is 5.69 Å². The van der Waals surface area contributed by atoms with E-state index < -0.39 is 10.8 Å². The Morgan fingerprint density at radius 1 is 1.17 bits per heavy atom. The van der Waals surface area contributed by atoms with E-state index in [0.717, 1.165) is 12.8 Å². The molecule has 29 heavy (non-hydrogen) atoms. The summed E-state index contributed by atoms with van der Waals surface area (Å²) < 4.78 is 10.8. The fourth-order valence-electron chi connectivity index (χ4n) is 2.50. The molecule has 0 spiro atoms. The number of nitrogens with one attached hydrogen (secondary N) is 2. The third-order valence-corrected chi connectivity index (χ3v) is 4.35. The molecule has 2 N–H and O–H groups in total. The number of halogens is 1. The number of nitro groups is 1. The molecule has 1 saturated carbocycles. The van der Waals surface area contributed by atoms with Gasteiger partial charge in [-0.15, -0.1) is 0 Å². The molecule has 1 fully saturated rings. The minimum absolute atomic E-state index is 0.0216. The van der Waals surface area contributed by atoms with Gasteiger partial charge in [0.1, 0.15) is 0 Å². The van der Waals surface area contributed by atoms with Crippen molar-refractivity contribution in [2.75, 3.05) is 13.7 Å². The number of nitro benzene ring substituents is 1. The van der Waals surface area contributed by atoms with E-state index in [1.165, 1.54) is 43.5 Å². The smallest absolute Gasteiger partial charge is 0.313 e. The van der Waals surface area contributed by atoms with Gasteiger partial charge in [0.2, 0.25) is 11.7 Å². The summed E-state index contributed by atoms with van der Waals surface area (Å²) in [5, 5.41) is 16.7. The maximum atomic E-state index is 12.3. The van der Waals surface area contributed by atoms with Gasteiger partial charge in [0, 0.05) is 22.7 Å². The molecule has 2 amide bonds. The van der Waals surface area contributed by atoms with E-state index in [1.807, 2.05) is 0 Å². The first kappa shape index (κ1) is 20.4. The molecule has 0 unspecified atom stereocenters. The number of carbonyl (C=O) groups is 2. The maximum Gasteiger partial charge on any atom is 0.313 e. The number of nitrogens with zero attached hydrogens (tertiary/aromatic N) is 1. The molecule has 0 radical (unpaired) electrons. The van der Waals surface area contributed by atoms with Gasteiger partial charge in [0.15, 0.2) is 11.5 Å². The van der Waals surface area contributed by atoms with Crippen molar-refractivity contribution in [1.29, 1.82) is 0 Å². The predicted molar refractivity (Wildman–Crippen MR) is 105 cm³/mol. The van der Waals surface area contributed by atoms with E-state index in [2.05, 4.69) is 10.6 Å². The summed E-state index contributed by atoms with van der Waals surface area (Å²) in [4.78, 5) is 34.6. The second kappa shape index (κ2) is 8.78. The quantitative estimate of drug-likeness (QED) is 0.501. The summed E-state index contributed by atoms with van der Waals surface area (Å²) in [5.74, 6) is -0.349. The van der Waals surface area contributed by atoms with Crippen LogP contribution in [0.1, 0.15) is 23.2 Å². The average Bonchev–Trinajstić information content (AvgIpc) is 3.51. The lowest BCUT2D eigenvalue weighted by molar-refractivity contribution is -0.385. The minimum atomic E-state index is -0.609. The van der Waals surface area contributed by atoms with Gasteiger partial charge in [-0.25, -0.2) is 0 Å². The zero-order valence-electron chi connectivity index (χ0n) is 15.4. The molecule has 2 aromatic carbocycles. The third-order valence-electron chi connectivity index (χ3n) is 4.12. The second-order valence-electron chi connectivity index (χ2n) is 6.36. The minimum Gasteiger partial charge on any atom is -0.493 e. The van der Waals surface area contributed by atoms with Gasteiger partial charge in [0.25, 0.3) is 5.91 Å². The second-order valence-corrected chi connectivity index (χ2v) is 6.80. The van der Waals surface area contributed by atoms with Crippen LogP contribution in [0, 0.1) is 10.1 Å². The van der Waals surface area contributed by atoms with Crippen molar-refractivity contribution >= 4 is 29.1 Å². The molecule has 0 aromatic heterocycles. The zero-order valence-corrected chi connectivity index (χ0v) is 16.2.